The van der Waals surface area contributed by atoms with Gasteiger partial charge >= 0.3 is 5.97 Å². The number of carbonyl (C=O) groups excluding carboxylic acids is 2. The Morgan fingerprint density at radius 1 is 1.38 bits per heavy atom. The number of nitrogens with zero attached hydrogens (tertiary/aromatic N) is 1. The van der Waals surface area contributed by atoms with Crippen molar-refractivity contribution in [3.8, 4) is 0 Å². The smallest absolute Gasteiger partial charge is 0.323 e. The second kappa shape index (κ2) is 7.78. The second-order valence-corrected chi connectivity index (χ2v) is 6.75. The first-order valence-corrected chi connectivity index (χ1v) is 8.02. The summed E-state index contributed by atoms with van der Waals surface area (Å²) >= 11 is 0. The molecule has 2 atom stereocenters. The maximum absolute atomic E-state index is 12.3. The van der Waals surface area contributed by atoms with Crippen LogP contribution in [0.4, 0.5) is 0 Å². The summed E-state index contributed by atoms with van der Waals surface area (Å²) in [5.41, 5.74) is -0.488. The molecule has 0 aromatic carbocycles. The minimum Gasteiger partial charge on any atom is -0.459 e. The molecule has 0 aromatic heterocycles. The van der Waals surface area contributed by atoms with Crippen LogP contribution in [0.1, 0.15) is 60.3 Å². The lowest BCUT2D eigenvalue weighted by atomic mass is 10.1. The predicted molar refractivity (Wildman–Crippen MR) is 83.0 cm³/mol. The summed E-state index contributed by atoms with van der Waals surface area (Å²) in [4.78, 5) is 26.4. The first-order valence-electron chi connectivity index (χ1n) is 8.02. The lowest BCUT2D eigenvalue weighted by molar-refractivity contribution is -0.161. The van der Waals surface area contributed by atoms with Crippen molar-refractivity contribution in [2.24, 2.45) is 0 Å². The van der Waals surface area contributed by atoms with Crippen LogP contribution in [0.15, 0.2) is 0 Å². The third-order valence-corrected chi connectivity index (χ3v) is 3.68. The van der Waals surface area contributed by atoms with Crippen LogP contribution in [0.5, 0.6) is 0 Å². The molecule has 1 rings (SSSR count). The second-order valence-electron chi connectivity index (χ2n) is 6.75. The van der Waals surface area contributed by atoms with E-state index >= 15 is 0 Å². The zero-order valence-electron chi connectivity index (χ0n) is 14.1. The highest BCUT2D eigenvalue weighted by molar-refractivity contribution is 5.83. The minimum absolute atomic E-state index is 0.00101. The molecule has 122 valence electrons. The van der Waals surface area contributed by atoms with Gasteiger partial charge in [0.1, 0.15) is 11.6 Å². The molecule has 1 unspecified atom stereocenters. The van der Waals surface area contributed by atoms with Gasteiger partial charge in [-0.1, -0.05) is 13.3 Å². The van der Waals surface area contributed by atoms with Crippen molar-refractivity contribution in [2.75, 3.05) is 13.1 Å². The number of ether oxygens (including phenoxy) is 1. The largest absolute Gasteiger partial charge is 0.459 e. The van der Waals surface area contributed by atoms with Gasteiger partial charge in [-0.25, -0.2) is 0 Å². The van der Waals surface area contributed by atoms with E-state index in [1.807, 2.05) is 32.6 Å². The average molecular weight is 298 g/mol. The molecule has 5 heteroatoms. The van der Waals surface area contributed by atoms with Crippen LogP contribution in [-0.2, 0) is 14.3 Å². The van der Waals surface area contributed by atoms with Gasteiger partial charge in [0.2, 0.25) is 5.91 Å². The van der Waals surface area contributed by atoms with Gasteiger partial charge in [-0.05, 0) is 53.5 Å². The first-order chi connectivity index (χ1) is 9.76. The van der Waals surface area contributed by atoms with E-state index in [1.165, 1.54) is 0 Å². The number of nitrogens with one attached hydrogen (secondary N) is 1. The van der Waals surface area contributed by atoms with Crippen molar-refractivity contribution < 1.29 is 14.3 Å². The molecule has 21 heavy (non-hydrogen) atoms. The SMILES string of the molecule is CCCCNC(=O)C(C)N1CCC[C@@H]1C(=O)OC(C)(C)C. The Hall–Kier alpha value is -1.10. The third kappa shape index (κ3) is 5.65. The molecule has 0 aliphatic carbocycles. The number of likely N-dealkylation sites (tertiary alicyclic amines) is 1. The summed E-state index contributed by atoms with van der Waals surface area (Å²) in [6.45, 7) is 11.0. The van der Waals surface area contributed by atoms with Gasteiger partial charge in [0, 0.05) is 6.54 Å². The number of esters is 1. The molecule has 0 spiro atoms. The topological polar surface area (TPSA) is 58.6 Å². The Balaban J connectivity index is 2.59. The molecule has 1 aliphatic heterocycles. The fraction of sp³-hybridized carbons (Fsp3) is 0.875. The fourth-order valence-electron chi connectivity index (χ4n) is 2.56. The molecule has 0 aromatic rings. The Morgan fingerprint density at radius 3 is 2.62 bits per heavy atom. The van der Waals surface area contributed by atoms with E-state index in [0.717, 1.165) is 32.2 Å². The summed E-state index contributed by atoms with van der Waals surface area (Å²) in [7, 11) is 0. The van der Waals surface area contributed by atoms with Crippen molar-refractivity contribution >= 4 is 11.9 Å². The molecular formula is C16H30N2O3. The van der Waals surface area contributed by atoms with Crippen LogP contribution in [0.25, 0.3) is 0 Å². The zero-order chi connectivity index (χ0) is 16.0. The van der Waals surface area contributed by atoms with Crippen molar-refractivity contribution in [3.63, 3.8) is 0 Å². The molecule has 1 saturated heterocycles. The van der Waals surface area contributed by atoms with Crippen LogP contribution in [0, 0.1) is 0 Å². The van der Waals surface area contributed by atoms with E-state index < -0.39 is 5.60 Å². The highest BCUT2D eigenvalue weighted by Gasteiger charge is 2.38. The highest BCUT2D eigenvalue weighted by atomic mass is 16.6. The average Bonchev–Trinajstić information content (AvgIpc) is 2.85. The van der Waals surface area contributed by atoms with Gasteiger partial charge in [-0.3, -0.25) is 14.5 Å². The number of rotatable bonds is 6. The number of carbonyl (C=O) groups is 2. The van der Waals surface area contributed by atoms with Crippen molar-refractivity contribution in [1.29, 1.82) is 0 Å². The van der Waals surface area contributed by atoms with Gasteiger partial charge in [0.15, 0.2) is 0 Å². The van der Waals surface area contributed by atoms with Gasteiger partial charge in [0.25, 0.3) is 0 Å². The Bertz CT molecular complexity index is 363. The van der Waals surface area contributed by atoms with Crippen LogP contribution in [0.2, 0.25) is 0 Å². The summed E-state index contributed by atoms with van der Waals surface area (Å²) < 4.78 is 5.47. The van der Waals surface area contributed by atoms with E-state index in [4.69, 9.17) is 4.74 Å². The van der Waals surface area contributed by atoms with Gasteiger partial charge in [0.05, 0.1) is 6.04 Å². The molecular weight excluding hydrogens is 268 g/mol. The van der Waals surface area contributed by atoms with Crippen LogP contribution in [-0.4, -0.2) is 47.6 Å². The normalized spacial score (nSPS) is 21.1. The fourth-order valence-corrected chi connectivity index (χ4v) is 2.56. The van der Waals surface area contributed by atoms with Gasteiger partial charge in [-0.15, -0.1) is 0 Å². The quantitative estimate of drug-likeness (QED) is 0.602. The van der Waals surface area contributed by atoms with Crippen molar-refractivity contribution in [2.45, 2.75) is 78.0 Å². The lowest BCUT2D eigenvalue weighted by Crippen LogP contribution is -2.50. The highest BCUT2D eigenvalue weighted by Crippen LogP contribution is 2.23. The summed E-state index contributed by atoms with van der Waals surface area (Å²) in [6.07, 6.45) is 3.73. The van der Waals surface area contributed by atoms with Crippen LogP contribution < -0.4 is 5.32 Å². The molecule has 0 radical (unpaired) electrons. The molecule has 1 N–H and O–H groups in total. The van der Waals surface area contributed by atoms with E-state index in [0.29, 0.717) is 6.54 Å². The molecule has 5 nitrogen and oxygen atoms in total. The van der Waals surface area contributed by atoms with E-state index in [2.05, 4.69) is 12.2 Å². The monoisotopic (exact) mass is 298 g/mol. The number of amides is 1. The van der Waals surface area contributed by atoms with Crippen molar-refractivity contribution in [3.05, 3.63) is 0 Å². The summed E-state index contributed by atoms with van der Waals surface area (Å²) in [5, 5.41) is 2.94. The summed E-state index contributed by atoms with van der Waals surface area (Å²) in [6, 6.07) is -0.585. The first kappa shape index (κ1) is 18.0. The molecule has 1 amide bonds. The van der Waals surface area contributed by atoms with Gasteiger partial charge in [-0.2, -0.15) is 0 Å². The van der Waals surface area contributed by atoms with E-state index in [-0.39, 0.29) is 24.0 Å². The van der Waals surface area contributed by atoms with Gasteiger partial charge < -0.3 is 10.1 Å². The van der Waals surface area contributed by atoms with Crippen LogP contribution in [0.3, 0.4) is 0 Å². The number of hydrogen-bond acceptors (Lipinski definition) is 4. The summed E-state index contributed by atoms with van der Waals surface area (Å²) in [5.74, 6) is -0.216. The third-order valence-electron chi connectivity index (χ3n) is 3.68. The Morgan fingerprint density at radius 2 is 2.05 bits per heavy atom. The number of unbranched alkanes of at least 4 members (excludes halogenated alkanes) is 1. The molecule has 1 heterocycles. The molecule has 0 bridgehead atoms. The van der Waals surface area contributed by atoms with E-state index in [1.54, 1.807) is 0 Å². The standard InChI is InChI=1S/C16H30N2O3/c1-6-7-10-17-14(19)12(2)18-11-8-9-13(18)15(20)21-16(3,4)5/h12-13H,6-11H2,1-5H3,(H,17,19)/t12?,13-/m1/s1. The number of hydrogen-bond donors (Lipinski definition) is 1. The predicted octanol–water partition coefficient (Wildman–Crippen LogP) is 2.10. The maximum atomic E-state index is 12.3. The maximum Gasteiger partial charge on any atom is 0.323 e. The molecule has 0 saturated carbocycles. The van der Waals surface area contributed by atoms with Crippen LogP contribution >= 0.6 is 0 Å². The van der Waals surface area contributed by atoms with E-state index in [9.17, 15) is 9.59 Å². The molecule has 1 fully saturated rings. The minimum atomic E-state index is -0.488. The molecule has 1 aliphatic rings. The zero-order valence-corrected chi connectivity index (χ0v) is 14.1. The lowest BCUT2D eigenvalue weighted by Gasteiger charge is -2.30. The Kier molecular flexibility index (Phi) is 6.65. The van der Waals surface area contributed by atoms with Crippen molar-refractivity contribution in [1.82, 2.24) is 10.2 Å². The Labute approximate surface area is 128 Å².